The van der Waals surface area contributed by atoms with Gasteiger partial charge in [-0.25, -0.2) is 4.57 Å². The van der Waals surface area contributed by atoms with Crippen molar-refractivity contribution in [1.29, 1.82) is 0 Å². The van der Waals surface area contributed by atoms with E-state index in [9.17, 15) is 9.36 Å². The molecule has 0 bridgehead atoms. The minimum atomic E-state index is -3.95. The van der Waals surface area contributed by atoms with Gasteiger partial charge in [-0.15, -0.1) is 11.8 Å². The van der Waals surface area contributed by atoms with Crippen LogP contribution in [0.15, 0.2) is 11.1 Å². The van der Waals surface area contributed by atoms with Gasteiger partial charge in [-0.2, -0.15) is 0 Å². The van der Waals surface area contributed by atoms with Crippen LogP contribution in [0.2, 0.25) is 0 Å². The molecule has 0 fully saturated rings. The second-order valence-corrected chi connectivity index (χ2v) is 7.78. The minimum absolute atomic E-state index is 0.0586. The number of nitrogens with zero attached hydrogens (tertiary/aromatic N) is 3. The van der Waals surface area contributed by atoms with Crippen molar-refractivity contribution in [2.24, 2.45) is 7.05 Å². The molecule has 0 atom stereocenters. The lowest BCUT2D eigenvalue weighted by Gasteiger charge is -2.02. The van der Waals surface area contributed by atoms with Crippen molar-refractivity contribution in [1.82, 2.24) is 14.5 Å². The average molecular weight is 334 g/mol. The molecule has 0 aromatic carbocycles. The summed E-state index contributed by atoms with van der Waals surface area (Å²) in [5.41, 5.74) is 6.00. The highest BCUT2D eigenvalue weighted by molar-refractivity contribution is 8.04. The van der Waals surface area contributed by atoms with E-state index in [1.165, 1.54) is 11.8 Å². The fraction of sp³-hybridized carbons (Fsp3) is 0.500. The molecule has 0 aliphatic rings. The van der Waals surface area contributed by atoms with Gasteiger partial charge in [0.1, 0.15) is 0 Å². The first-order valence-corrected chi connectivity index (χ1v) is 9.10. The quantitative estimate of drug-likeness (QED) is 0.314. The Hall–Kier alpha value is -1.35. The summed E-state index contributed by atoms with van der Waals surface area (Å²) >= 11 is 1.20. The number of imidazole rings is 1. The van der Waals surface area contributed by atoms with Gasteiger partial charge in [0, 0.05) is 0 Å². The van der Waals surface area contributed by atoms with Crippen LogP contribution in [0.3, 0.4) is 0 Å². The van der Waals surface area contributed by atoms with E-state index in [0.717, 1.165) is 0 Å². The highest BCUT2D eigenvalue weighted by Crippen LogP contribution is 2.38. The molecule has 0 amide bonds. The second-order valence-electron chi connectivity index (χ2n) is 4.60. The van der Waals surface area contributed by atoms with Crippen LogP contribution in [0.4, 0.5) is 5.95 Å². The number of rotatable bonds is 6. The predicted octanol–water partition coefficient (Wildman–Crippen LogP) is -0.610. The zero-order valence-electron chi connectivity index (χ0n) is 11.4. The lowest BCUT2D eigenvalue weighted by molar-refractivity contribution is -0.673. The summed E-state index contributed by atoms with van der Waals surface area (Å²) in [6, 6.07) is 0. The molecule has 0 unspecified atom stereocenters. The van der Waals surface area contributed by atoms with Gasteiger partial charge in [0.2, 0.25) is 5.52 Å². The van der Waals surface area contributed by atoms with Crippen LogP contribution in [0, 0.1) is 0 Å². The van der Waals surface area contributed by atoms with E-state index in [2.05, 4.69) is 9.97 Å². The first kappa shape index (κ1) is 16.0. The van der Waals surface area contributed by atoms with Crippen molar-refractivity contribution in [3.8, 4) is 0 Å². The molecule has 0 saturated carbocycles. The normalized spacial score (nSPS) is 12.1. The standard InChI is InChI=1S/C10H16N5O4PS/c1-14-5-15(3-2-4-21-6-20(17,18)19)8-7(14)9(16)13-10(11)12-8/h5H,2-4,6H2,1H3,(H4-,11,12,13,16,17,18,19)/p+1. The second kappa shape index (κ2) is 6.18. The van der Waals surface area contributed by atoms with E-state index in [1.54, 1.807) is 22.5 Å². The molecule has 2 aromatic heterocycles. The summed E-state index contributed by atoms with van der Waals surface area (Å²) < 4.78 is 14.2. The number of nitrogen functional groups attached to an aromatic ring is 1. The van der Waals surface area contributed by atoms with E-state index < -0.39 is 7.60 Å². The summed E-state index contributed by atoms with van der Waals surface area (Å²) in [4.78, 5) is 35.9. The van der Waals surface area contributed by atoms with Crippen molar-refractivity contribution in [3.63, 3.8) is 0 Å². The van der Waals surface area contributed by atoms with Crippen LogP contribution >= 0.6 is 19.4 Å². The average Bonchev–Trinajstić information content (AvgIpc) is 2.64. The minimum Gasteiger partial charge on any atom is -0.355 e. The van der Waals surface area contributed by atoms with Crippen molar-refractivity contribution >= 4 is 36.5 Å². The summed E-state index contributed by atoms with van der Waals surface area (Å²) in [5.74, 6) is 0.663. The van der Waals surface area contributed by atoms with Crippen molar-refractivity contribution in [2.75, 3.05) is 17.0 Å². The maximum atomic E-state index is 11.8. The lowest BCUT2D eigenvalue weighted by Crippen LogP contribution is -2.34. The first-order valence-electron chi connectivity index (χ1n) is 6.14. The molecule has 0 aliphatic carbocycles. The Balaban J connectivity index is 2.06. The molecule has 5 N–H and O–H groups in total. The zero-order valence-corrected chi connectivity index (χ0v) is 13.1. The van der Waals surface area contributed by atoms with E-state index in [1.807, 2.05) is 0 Å². The highest BCUT2D eigenvalue weighted by atomic mass is 32.2. The van der Waals surface area contributed by atoms with Gasteiger partial charge in [-0.05, 0) is 12.2 Å². The molecule has 2 aromatic rings. The third-order valence-electron chi connectivity index (χ3n) is 2.78. The molecule has 0 radical (unpaired) electrons. The fourth-order valence-corrected chi connectivity index (χ4v) is 3.80. The molecule has 11 heteroatoms. The number of nitrogens with two attached hydrogens (primary N) is 1. The zero-order chi connectivity index (χ0) is 15.6. The van der Waals surface area contributed by atoms with E-state index in [0.29, 0.717) is 29.9 Å². The molecular formula is C10H17N5O4PS+. The summed E-state index contributed by atoms with van der Waals surface area (Å²) in [6.45, 7) is 0.585. The SMILES string of the molecule is Cn1c[n+](CCCSCP(=O)(O)O)c2nc(N)[nH]c(=O)c21. The smallest absolute Gasteiger partial charge is 0.335 e. The molecular weight excluding hydrogens is 317 g/mol. The Kier molecular flexibility index (Phi) is 4.72. The van der Waals surface area contributed by atoms with E-state index >= 15 is 0 Å². The number of fused-ring (bicyclic) bond motifs is 1. The number of nitrogens with one attached hydrogen (secondary N) is 1. The van der Waals surface area contributed by atoms with Crippen molar-refractivity contribution < 1.29 is 18.9 Å². The van der Waals surface area contributed by atoms with Crippen LogP contribution < -0.4 is 15.9 Å². The number of thioether (sulfide) groups is 1. The van der Waals surface area contributed by atoms with Gasteiger partial charge in [0.25, 0.3) is 11.5 Å². The van der Waals surface area contributed by atoms with Gasteiger partial charge in [-0.3, -0.25) is 18.9 Å². The number of hydrogen-bond donors (Lipinski definition) is 4. The molecule has 0 aliphatic heterocycles. The maximum Gasteiger partial charge on any atom is 0.335 e. The molecule has 0 saturated heterocycles. The van der Waals surface area contributed by atoms with Crippen molar-refractivity contribution in [3.05, 3.63) is 16.7 Å². The third kappa shape index (κ3) is 4.07. The Morgan fingerprint density at radius 2 is 2.29 bits per heavy atom. The number of aryl methyl sites for hydroxylation is 2. The van der Waals surface area contributed by atoms with Gasteiger partial charge in [0.05, 0.1) is 19.1 Å². The maximum absolute atomic E-state index is 11.8. The Morgan fingerprint density at radius 3 is 2.95 bits per heavy atom. The predicted molar refractivity (Wildman–Crippen MR) is 79.9 cm³/mol. The first-order chi connectivity index (χ1) is 9.78. The molecule has 2 rings (SSSR count). The van der Waals surface area contributed by atoms with Gasteiger partial charge >= 0.3 is 13.2 Å². The summed E-state index contributed by atoms with van der Waals surface area (Å²) in [7, 11) is -2.20. The Morgan fingerprint density at radius 1 is 1.57 bits per heavy atom. The summed E-state index contributed by atoms with van der Waals surface area (Å²) in [5, 5.41) is 0. The molecule has 2 heterocycles. The van der Waals surface area contributed by atoms with Crippen LogP contribution in [-0.2, 0) is 18.2 Å². The van der Waals surface area contributed by atoms with Gasteiger partial charge < -0.3 is 15.5 Å². The summed E-state index contributed by atoms with van der Waals surface area (Å²) in [6.07, 6.45) is 2.45. The van der Waals surface area contributed by atoms with E-state index in [4.69, 9.17) is 15.5 Å². The van der Waals surface area contributed by atoms with Crippen LogP contribution in [0.1, 0.15) is 6.42 Å². The van der Waals surface area contributed by atoms with Gasteiger partial charge in [0.15, 0.2) is 6.33 Å². The topological polar surface area (TPSA) is 138 Å². The molecule has 21 heavy (non-hydrogen) atoms. The Bertz CT molecular complexity index is 752. The fourth-order valence-electron chi connectivity index (χ4n) is 2.00. The number of H-pyrrole nitrogens is 1. The number of hydrogen-bond acceptors (Lipinski definition) is 5. The largest absolute Gasteiger partial charge is 0.355 e. The number of aromatic nitrogens is 4. The third-order valence-corrected chi connectivity index (χ3v) is 5.43. The van der Waals surface area contributed by atoms with Crippen LogP contribution in [-0.4, -0.2) is 35.6 Å². The van der Waals surface area contributed by atoms with E-state index in [-0.39, 0.29) is 17.0 Å². The molecule has 9 nitrogen and oxygen atoms in total. The van der Waals surface area contributed by atoms with Crippen LogP contribution in [0.5, 0.6) is 0 Å². The molecule has 116 valence electrons. The monoisotopic (exact) mass is 334 g/mol. The van der Waals surface area contributed by atoms with Crippen molar-refractivity contribution in [2.45, 2.75) is 13.0 Å². The molecule has 0 spiro atoms. The number of anilines is 1. The van der Waals surface area contributed by atoms with Gasteiger partial charge in [-0.1, -0.05) is 4.98 Å². The highest BCUT2D eigenvalue weighted by Gasteiger charge is 2.19. The Labute approximate surface area is 124 Å². The number of aromatic amines is 1. The van der Waals surface area contributed by atoms with Crippen LogP contribution in [0.25, 0.3) is 11.2 Å². The lowest BCUT2D eigenvalue weighted by atomic mass is 10.4.